The minimum atomic E-state index is 0.313. The summed E-state index contributed by atoms with van der Waals surface area (Å²) in [5, 5.41) is 3.65. The fraction of sp³-hybridized carbons (Fsp3) is 0.412. The summed E-state index contributed by atoms with van der Waals surface area (Å²) in [6, 6.07) is 9.64. The molecule has 1 aliphatic rings. The molecule has 3 heteroatoms. The first kappa shape index (κ1) is 14.3. The predicted molar refractivity (Wildman–Crippen MR) is 90.7 cm³/mol. The van der Waals surface area contributed by atoms with Gasteiger partial charge in [-0.15, -0.1) is 11.3 Å². The molecule has 0 spiro atoms. The molecule has 1 heterocycles. The molecule has 0 saturated heterocycles. The summed E-state index contributed by atoms with van der Waals surface area (Å²) in [5.74, 6) is 0. The normalized spacial score (nSPS) is 15.3. The van der Waals surface area contributed by atoms with Crippen molar-refractivity contribution in [3.05, 3.63) is 55.2 Å². The molecule has 1 aliphatic carbocycles. The molecular formula is C17H20BrNS. The zero-order valence-electron chi connectivity index (χ0n) is 12.0. The lowest BCUT2D eigenvalue weighted by Crippen LogP contribution is -2.22. The maximum absolute atomic E-state index is 3.65. The van der Waals surface area contributed by atoms with Crippen molar-refractivity contribution in [3.63, 3.8) is 0 Å². The number of benzene rings is 1. The van der Waals surface area contributed by atoms with Crippen LogP contribution in [0.25, 0.3) is 0 Å². The highest BCUT2D eigenvalue weighted by Gasteiger charge is 2.19. The molecule has 0 amide bonds. The van der Waals surface area contributed by atoms with E-state index in [0.29, 0.717) is 6.04 Å². The van der Waals surface area contributed by atoms with E-state index in [1.165, 1.54) is 39.1 Å². The third-order valence-corrected chi connectivity index (χ3v) is 5.67. The molecule has 1 unspecified atom stereocenters. The van der Waals surface area contributed by atoms with Gasteiger partial charge in [-0.3, -0.25) is 0 Å². The molecule has 0 saturated carbocycles. The van der Waals surface area contributed by atoms with Gasteiger partial charge in [0.2, 0.25) is 0 Å². The topological polar surface area (TPSA) is 12.0 Å². The number of aryl methyl sites for hydroxylation is 3. The van der Waals surface area contributed by atoms with Crippen molar-refractivity contribution in [1.82, 2.24) is 5.32 Å². The molecule has 0 aliphatic heterocycles. The molecule has 20 heavy (non-hydrogen) atoms. The van der Waals surface area contributed by atoms with Crippen molar-refractivity contribution >= 4 is 27.3 Å². The number of fused-ring (bicyclic) bond motifs is 1. The van der Waals surface area contributed by atoms with Gasteiger partial charge < -0.3 is 5.32 Å². The van der Waals surface area contributed by atoms with Crippen LogP contribution in [0.1, 0.15) is 46.5 Å². The van der Waals surface area contributed by atoms with Crippen LogP contribution in [0.3, 0.4) is 0 Å². The van der Waals surface area contributed by atoms with Crippen LogP contribution < -0.4 is 5.32 Å². The lowest BCUT2D eigenvalue weighted by Gasteiger charge is -2.19. The molecule has 0 radical (unpaired) electrons. The number of rotatable bonds is 4. The van der Waals surface area contributed by atoms with Gasteiger partial charge in [-0.2, -0.15) is 0 Å². The summed E-state index contributed by atoms with van der Waals surface area (Å²) in [6.45, 7) is 5.37. The zero-order valence-corrected chi connectivity index (χ0v) is 14.4. The molecular weight excluding hydrogens is 330 g/mol. The molecule has 3 rings (SSSR count). The van der Waals surface area contributed by atoms with E-state index in [2.05, 4.69) is 59.4 Å². The van der Waals surface area contributed by atoms with Gasteiger partial charge in [0.05, 0.1) is 9.83 Å². The first-order valence-corrected chi connectivity index (χ1v) is 8.91. The number of halogens is 1. The van der Waals surface area contributed by atoms with Gasteiger partial charge in [0.15, 0.2) is 0 Å². The molecule has 1 aromatic carbocycles. The first-order chi connectivity index (χ1) is 9.69. The standard InChI is InChI=1S/C17H20BrNS/c1-3-19-17(15-10-16(18)20-11(15)2)14-8-7-12-5-4-6-13(12)9-14/h7-10,17,19H,3-6H2,1-2H3. The van der Waals surface area contributed by atoms with E-state index >= 15 is 0 Å². The van der Waals surface area contributed by atoms with Gasteiger partial charge in [-0.1, -0.05) is 25.1 Å². The average molecular weight is 350 g/mol. The maximum atomic E-state index is 3.65. The maximum Gasteiger partial charge on any atom is 0.0704 e. The van der Waals surface area contributed by atoms with Gasteiger partial charge in [0, 0.05) is 4.88 Å². The number of thiophene rings is 1. The van der Waals surface area contributed by atoms with Crippen molar-refractivity contribution in [2.24, 2.45) is 0 Å². The Morgan fingerprint density at radius 1 is 1.25 bits per heavy atom. The Morgan fingerprint density at radius 3 is 2.75 bits per heavy atom. The Balaban J connectivity index is 2.00. The van der Waals surface area contributed by atoms with Crippen LogP contribution in [0.4, 0.5) is 0 Å². The summed E-state index contributed by atoms with van der Waals surface area (Å²) in [6.07, 6.45) is 3.81. The molecule has 0 fully saturated rings. The molecule has 1 nitrogen and oxygen atoms in total. The van der Waals surface area contributed by atoms with Crippen LogP contribution in [-0.2, 0) is 12.8 Å². The fourth-order valence-corrected chi connectivity index (χ4v) is 4.88. The monoisotopic (exact) mass is 349 g/mol. The van der Waals surface area contributed by atoms with Crippen LogP contribution in [-0.4, -0.2) is 6.54 Å². The minimum absolute atomic E-state index is 0.313. The van der Waals surface area contributed by atoms with E-state index in [0.717, 1.165) is 6.54 Å². The largest absolute Gasteiger partial charge is 0.306 e. The van der Waals surface area contributed by atoms with Crippen molar-refractivity contribution in [2.75, 3.05) is 6.54 Å². The second kappa shape index (κ2) is 6.00. The summed E-state index contributed by atoms with van der Waals surface area (Å²) in [7, 11) is 0. The van der Waals surface area contributed by atoms with Crippen LogP contribution in [0, 0.1) is 6.92 Å². The number of hydrogen-bond acceptors (Lipinski definition) is 2. The second-order valence-electron chi connectivity index (χ2n) is 5.43. The van der Waals surface area contributed by atoms with Gasteiger partial charge in [-0.05, 0) is 77.0 Å². The van der Waals surface area contributed by atoms with Gasteiger partial charge in [0.25, 0.3) is 0 Å². The number of hydrogen-bond donors (Lipinski definition) is 1. The Labute approximate surface area is 133 Å². The van der Waals surface area contributed by atoms with Gasteiger partial charge in [0.1, 0.15) is 0 Å². The quantitative estimate of drug-likeness (QED) is 0.818. The average Bonchev–Trinajstić information content (AvgIpc) is 3.01. The van der Waals surface area contributed by atoms with E-state index in [1.807, 2.05) is 11.3 Å². The van der Waals surface area contributed by atoms with E-state index in [-0.39, 0.29) is 0 Å². The van der Waals surface area contributed by atoms with E-state index in [9.17, 15) is 0 Å². The van der Waals surface area contributed by atoms with Crippen molar-refractivity contribution < 1.29 is 0 Å². The van der Waals surface area contributed by atoms with Gasteiger partial charge in [-0.25, -0.2) is 0 Å². The highest BCUT2D eigenvalue weighted by atomic mass is 79.9. The Bertz CT molecular complexity index is 617. The third-order valence-electron chi connectivity index (χ3n) is 4.10. The summed E-state index contributed by atoms with van der Waals surface area (Å²) in [5.41, 5.74) is 5.91. The van der Waals surface area contributed by atoms with Crippen LogP contribution in [0.15, 0.2) is 28.1 Å². The first-order valence-electron chi connectivity index (χ1n) is 7.30. The van der Waals surface area contributed by atoms with E-state index in [4.69, 9.17) is 0 Å². The lowest BCUT2D eigenvalue weighted by molar-refractivity contribution is 0.629. The molecule has 0 bridgehead atoms. The lowest BCUT2D eigenvalue weighted by atomic mass is 9.96. The molecule has 1 atom stereocenters. The summed E-state index contributed by atoms with van der Waals surface area (Å²) < 4.78 is 1.22. The minimum Gasteiger partial charge on any atom is -0.306 e. The zero-order chi connectivity index (χ0) is 14.1. The van der Waals surface area contributed by atoms with Crippen LogP contribution in [0.2, 0.25) is 0 Å². The third kappa shape index (κ3) is 2.72. The molecule has 2 aromatic rings. The van der Waals surface area contributed by atoms with Crippen LogP contribution >= 0.6 is 27.3 Å². The highest BCUT2D eigenvalue weighted by molar-refractivity contribution is 9.11. The highest BCUT2D eigenvalue weighted by Crippen LogP contribution is 2.35. The van der Waals surface area contributed by atoms with Crippen molar-refractivity contribution in [3.8, 4) is 0 Å². The molecule has 106 valence electrons. The van der Waals surface area contributed by atoms with E-state index in [1.54, 1.807) is 11.1 Å². The predicted octanol–water partition coefficient (Wildman–Crippen LogP) is 5.01. The summed E-state index contributed by atoms with van der Waals surface area (Å²) >= 11 is 5.44. The Kier molecular flexibility index (Phi) is 4.29. The van der Waals surface area contributed by atoms with E-state index < -0.39 is 0 Å². The number of nitrogens with one attached hydrogen (secondary N) is 1. The Hall–Kier alpha value is -0.640. The van der Waals surface area contributed by atoms with Crippen molar-refractivity contribution in [2.45, 2.75) is 39.2 Å². The van der Waals surface area contributed by atoms with Crippen molar-refractivity contribution in [1.29, 1.82) is 0 Å². The second-order valence-corrected chi connectivity index (χ2v) is 8.07. The smallest absolute Gasteiger partial charge is 0.0704 e. The van der Waals surface area contributed by atoms with Gasteiger partial charge >= 0.3 is 0 Å². The Morgan fingerprint density at radius 2 is 2.05 bits per heavy atom. The summed E-state index contributed by atoms with van der Waals surface area (Å²) in [4.78, 5) is 1.39. The van der Waals surface area contributed by atoms with Crippen LogP contribution in [0.5, 0.6) is 0 Å². The fourth-order valence-electron chi connectivity index (χ4n) is 3.13. The SMILES string of the molecule is CCNC(c1ccc2c(c1)CCC2)c1cc(Br)sc1C. The molecule has 1 aromatic heterocycles. The molecule has 1 N–H and O–H groups in total.